The lowest BCUT2D eigenvalue weighted by Gasteiger charge is -2.35. The Bertz CT molecular complexity index is 1680. The first kappa shape index (κ1) is 33.7. The summed E-state index contributed by atoms with van der Waals surface area (Å²) in [5.74, 6) is 0.447. The second-order valence-electron chi connectivity index (χ2n) is 12.3. The number of tetrazole rings is 1. The predicted molar refractivity (Wildman–Crippen MR) is 182 cm³/mol. The van der Waals surface area contributed by atoms with Gasteiger partial charge in [-0.1, -0.05) is 24.3 Å². The van der Waals surface area contributed by atoms with Crippen LogP contribution in [0.5, 0.6) is 0 Å². The number of aromatic amines is 2. The molecular weight excluding hydrogens is 620 g/mol. The van der Waals surface area contributed by atoms with E-state index in [9.17, 15) is 14.4 Å². The van der Waals surface area contributed by atoms with Crippen molar-refractivity contribution >= 4 is 35.9 Å². The van der Waals surface area contributed by atoms with Crippen LogP contribution in [0.4, 0.5) is 11.6 Å². The second kappa shape index (κ2) is 15.3. The van der Waals surface area contributed by atoms with E-state index in [4.69, 9.17) is 11.5 Å². The Morgan fingerprint density at radius 1 is 0.957 bits per heavy atom. The first-order valence-electron chi connectivity index (χ1n) is 16.0. The molecule has 1 atom stereocenters. The molecule has 0 bridgehead atoms. The van der Waals surface area contributed by atoms with Crippen molar-refractivity contribution < 1.29 is 9.59 Å². The van der Waals surface area contributed by atoms with Crippen LogP contribution in [-0.4, -0.2) is 68.1 Å². The number of aromatic nitrogens is 6. The summed E-state index contributed by atoms with van der Waals surface area (Å²) in [6.07, 6.45) is 8.33. The molecule has 1 saturated heterocycles. The van der Waals surface area contributed by atoms with Gasteiger partial charge in [0.15, 0.2) is 0 Å². The van der Waals surface area contributed by atoms with E-state index in [1.165, 1.54) is 6.42 Å². The lowest BCUT2D eigenvalue weighted by atomic mass is 9.81. The Kier molecular flexibility index (Phi) is 11.0. The normalized spacial score (nSPS) is 18.6. The molecular formula is C33H41ClN10O3. The summed E-state index contributed by atoms with van der Waals surface area (Å²) in [4.78, 5) is 51.4. The van der Waals surface area contributed by atoms with Gasteiger partial charge in [-0.15, -0.1) is 22.6 Å². The van der Waals surface area contributed by atoms with Crippen molar-refractivity contribution in [1.82, 2.24) is 30.6 Å². The maximum atomic E-state index is 14.2. The van der Waals surface area contributed by atoms with Gasteiger partial charge in [0, 0.05) is 42.9 Å². The number of primary amides is 1. The quantitative estimate of drug-likeness (QED) is 0.198. The maximum absolute atomic E-state index is 14.2. The van der Waals surface area contributed by atoms with Crippen molar-refractivity contribution in [2.75, 3.05) is 29.4 Å². The number of piperidine rings is 1. The van der Waals surface area contributed by atoms with Crippen molar-refractivity contribution in [3.8, 4) is 22.5 Å². The standard InChI is InChI=1S/C33H40N10O3.ClH/c34-19-22-6-10-25(11-7-22)32(46)43(26-14-12-24(13-15-26)30-38-40-41-39-30)28(29(35)44)18-21-4-8-23(9-5-21)27-20-36-33(37-31(27)45)42-16-2-1-3-17-42;/h4-5,8-9,12-15,20,22,25,28H,1-3,6-7,10-11,16-19,34H2,(H2,35,44)(H,36,37,45)(H,38,39,40,41);1H/t22?,25?,28-;/m0./s1. The van der Waals surface area contributed by atoms with Crippen LogP contribution in [0.1, 0.15) is 50.5 Å². The minimum absolute atomic E-state index is 0. The van der Waals surface area contributed by atoms with Crippen LogP contribution in [0.25, 0.3) is 22.5 Å². The fourth-order valence-corrected chi connectivity index (χ4v) is 6.58. The zero-order valence-corrected chi connectivity index (χ0v) is 27.0. The Morgan fingerprint density at radius 2 is 1.64 bits per heavy atom. The molecule has 3 heterocycles. The number of nitrogens with zero attached hydrogens (tertiary/aromatic N) is 6. The van der Waals surface area contributed by atoms with Crippen molar-refractivity contribution in [3.05, 3.63) is 70.6 Å². The van der Waals surface area contributed by atoms with Gasteiger partial charge in [0.05, 0.1) is 5.56 Å². The van der Waals surface area contributed by atoms with Gasteiger partial charge in [-0.3, -0.25) is 24.3 Å². The highest BCUT2D eigenvalue weighted by Crippen LogP contribution is 2.33. The van der Waals surface area contributed by atoms with Crippen molar-refractivity contribution in [3.63, 3.8) is 0 Å². The van der Waals surface area contributed by atoms with E-state index >= 15 is 0 Å². The van der Waals surface area contributed by atoms with Crippen molar-refractivity contribution in [1.29, 1.82) is 0 Å². The number of anilines is 2. The van der Waals surface area contributed by atoms with Gasteiger partial charge >= 0.3 is 0 Å². The number of nitrogens with one attached hydrogen (secondary N) is 2. The fourth-order valence-electron chi connectivity index (χ4n) is 6.58. The lowest BCUT2D eigenvalue weighted by molar-refractivity contribution is -0.127. The molecule has 0 spiro atoms. The average molecular weight is 661 g/mol. The van der Waals surface area contributed by atoms with E-state index in [1.807, 2.05) is 24.3 Å². The Morgan fingerprint density at radius 3 is 2.23 bits per heavy atom. The van der Waals surface area contributed by atoms with Gasteiger partial charge in [-0.05, 0) is 98.0 Å². The monoisotopic (exact) mass is 660 g/mol. The van der Waals surface area contributed by atoms with Crippen LogP contribution < -0.4 is 26.8 Å². The van der Waals surface area contributed by atoms with E-state index in [2.05, 4.69) is 35.5 Å². The smallest absolute Gasteiger partial charge is 0.260 e. The highest BCUT2D eigenvalue weighted by atomic mass is 35.5. The zero-order chi connectivity index (χ0) is 32.0. The molecule has 2 aromatic carbocycles. The molecule has 2 fully saturated rings. The Balaban J connectivity index is 0.00000433. The number of carbonyl (C=O) groups excluding carboxylic acids is 2. The lowest BCUT2D eigenvalue weighted by Crippen LogP contribution is -2.52. The number of hydrogen-bond acceptors (Lipinski definition) is 9. The molecule has 248 valence electrons. The third kappa shape index (κ3) is 7.68. The summed E-state index contributed by atoms with van der Waals surface area (Å²) in [5.41, 5.74) is 15.0. The molecule has 0 radical (unpaired) electrons. The van der Waals surface area contributed by atoms with E-state index in [-0.39, 0.29) is 36.2 Å². The van der Waals surface area contributed by atoms with Gasteiger partial charge in [-0.2, -0.15) is 5.21 Å². The highest BCUT2D eigenvalue weighted by molar-refractivity contribution is 6.01. The summed E-state index contributed by atoms with van der Waals surface area (Å²) in [5, 5.41) is 14.1. The van der Waals surface area contributed by atoms with E-state index in [0.29, 0.717) is 59.5 Å². The first-order chi connectivity index (χ1) is 22.4. The first-order valence-corrected chi connectivity index (χ1v) is 16.0. The van der Waals surface area contributed by atoms with Crippen molar-refractivity contribution in [2.45, 2.75) is 57.4 Å². The van der Waals surface area contributed by atoms with Gasteiger partial charge in [-0.25, -0.2) is 4.98 Å². The molecule has 0 unspecified atom stereocenters. The van der Waals surface area contributed by atoms with E-state index in [0.717, 1.165) is 44.3 Å². The van der Waals surface area contributed by atoms with Crippen LogP contribution in [-0.2, 0) is 16.0 Å². The molecule has 6 rings (SSSR count). The summed E-state index contributed by atoms with van der Waals surface area (Å²) >= 11 is 0. The number of H-pyrrole nitrogens is 2. The minimum Gasteiger partial charge on any atom is -0.368 e. The molecule has 6 N–H and O–H groups in total. The zero-order valence-electron chi connectivity index (χ0n) is 26.2. The summed E-state index contributed by atoms with van der Waals surface area (Å²) in [6.45, 7) is 2.37. The number of benzene rings is 2. The molecule has 2 aliphatic rings. The fraction of sp³-hybridized carbons (Fsp3) is 0.424. The van der Waals surface area contributed by atoms with Gasteiger partial charge in [0.2, 0.25) is 23.6 Å². The van der Waals surface area contributed by atoms with Crippen LogP contribution in [0.2, 0.25) is 0 Å². The molecule has 13 nitrogen and oxygen atoms in total. The third-order valence-electron chi connectivity index (χ3n) is 9.29. The third-order valence-corrected chi connectivity index (χ3v) is 9.29. The molecule has 4 aromatic rings. The maximum Gasteiger partial charge on any atom is 0.260 e. The Hall–Kier alpha value is -4.62. The largest absolute Gasteiger partial charge is 0.368 e. The number of carbonyl (C=O) groups is 2. The van der Waals surface area contributed by atoms with Gasteiger partial charge < -0.3 is 16.4 Å². The van der Waals surface area contributed by atoms with Crippen LogP contribution in [0, 0.1) is 11.8 Å². The molecule has 14 heteroatoms. The van der Waals surface area contributed by atoms with Crippen molar-refractivity contribution in [2.24, 2.45) is 23.3 Å². The average Bonchev–Trinajstić information content (AvgIpc) is 3.64. The number of amides is 2. The highest BCUT2D eigenvalue weighted by Gasteiger charge is 2.36. The van der Waals surface area contributed by atoms with Crippen LogP contribution in [0.15, 0.2) is 59.5 Å². The summed E-state index contributed by atoms with van der Waals surface area (Å²) < 4.78 is 0. The van der Waals surface area contributed by atoms with Gasteiger partial charge in [0.1, 0.15) is 6.04 Å². The number of halogens is 1. The molecule has 2 aromatic heterocycles. The Labute approximate surface area is 278 Å². The molecule has 1 aliphatic heterocycles. The summed E-state index contributed by atoms with van der Waals surface area (Å²) in [7, 11) is 0. The minimum atomic E-state index is -0.935. The summed E-state index contributed by atoms with van der Waals surface area (Å²) in [6, 6.07) is 13.6. The van der Waals surface area contributed by atoms with E-state index in [1.54, 1.807) is 35.4 Å². The SMILES string of the molecule is Cl.NCC1CCC(C(=O)N(c2ccc(-c3nn[nH]n3)cc2)[C@@H](Cc2ccc(-c3cnc(N4CCCCC4)[nH]c3=O)cc2)C(N)=O)CC1. The number of hydrogen-bond donors (Lipinski definition) is 4. The molecule has 47 heavy (non-hydrogen) atoms. The number of nitrogens with two attached hydrogens (primary N) is 2. The molecule has 2 amide bonds. The van der Waals surface area contributed by atoms with E-state index < -0.39 is 11.9 Å². The van der Waals surface area contributed by atoms with Crippen LogP contribution >= 0.6 is 12.4 Å². The van der Waals surface area contributed by atoms with Gasteiger partial charge in [0.25, 0.3) is 5.56 Å². The predicted octanol–water partition coefficient (Wildman–Crippen LogP) is 3.22. The van der Waals surface area contributed by atoms with Crippen LogP contribution in [0.3, 0.4) is 0 Å². The molecule has 1 aliphatic carbocycles. The number of rotatable bonds is 10. The topological polar surface area (TPSA) is 193 Å². The molecule has 1 saturated carbocycles. The second-order valence-corrected chi connectivity index (χ2v) is 12.3.